The first-order chi connectivity index (χ1) is 18.5. The van der Waals surface area contributed by atoms with Gasteiger partial charge in [-0.15, -0.1) is 0 Å². The van der Waals surface area contributed by atoms with Gasteiger partial charge in [0.1, 0.15) is 23.9 Å². The minimum Gasteiger partial charge on any atom is -0.508 e. The van der Waals surface area contributed by atoms with Crippen molar-refractivity contribution in [3.63, 3.8) is 0 Å². The first-order valence-corrected chi connectivity index (χ1v) is 13.2. The highest BCUT2D eigenvalue weighted by Gasteiger charge is 2.32. The Balaban J connectivity index is 2.19. The number of phenols is 1. The molecule has 1 aliphatic rings. The number of nitrogens with zero attached hydrogens (tertiary/aromatic N) is 1. The van der Waals surface area contributed by atoms with Gasteiger partial charge in [0.25, 0.3) is 0 Å². The Morgan fingerprint density at radius 2 is 1.67 bits per heavy atom. The van der Waals surface area contributed by atoms with Crippen LogP contribution < -0.4 is 32.7 Å². The van der Waals surface area contributed by atoms with Crippen molar-refractivity contribution in [3.05, 3.63) is 29.8 Å². The standard InChI is InChI=1S/C26H41N7O6/c1-15(2)13-20(32-22(35)18-5-3-11-29-18)23(36)33-21(14-16-7-9-17(34)10-8-16)24(37)31-19(25(38)39)6-4-12-30-26(27)28/h7-10,15,18-21,29,34H,3-6,11-14H2,1-2H3,(H,31,37)(H,32,35)(H,33,36)(H,38,39)(H4,27,28,30). The predicted molar refractivity (Wildman–Crippen MR) is 146 cm³/mol. The van der Waals surface area contributed by atoms with Gasteiger partial charge in [-0.25, -0.2) is 4.79 Å². The number of amides is 3. The molecule has 13 heteroatoms. The summed E-state index contributed by atoms with van der Waals surface area (Å²) in [7, 11) is 0. The molecule has 13 nitrogen and oxygen atoms in total. The summed E-state index contributed by atoms with van der Waals surface area (Å²) in [5.74, 6) is -2.77. The predicted octanol–water partition coefficient (Wildman–Crippen LogP) is -0.675. The Kier molecular flexibility index (Phi) is 12.5. The van der Waals surface area contributed by atoms with E-state index in [4.69, 9.17) is 11.5 Å². The third kappa shape index (κ3) is 11.2. The lowest BCUT2D eigenvalue weighted by molar-refractivity contribution is -0.142. The average molecular weight is 548 g/mol. The lowest BCUT2D eigenvalue weighted by atomic mass is 10.00. The number of carboxylic acid groups (broad SMARTS) is 1. The molecule has 4 unspecified atom stereocenters. The van der Waals surface area contributed by atoms with E-state index in [9.17, 15) is 29.4 Å². The fourth-order valence-electron chi connectivity index (χ4n) is 4.27. The molecule has 1 saturated heterocycles. The summed E-state index contributed by atoms with van der Waals surface area (Å²) in [4.78, 5) is 55.0. The van der Waals surface area contributed by atoms with Crippen molar-refractivity contribution in [1.82, 2.24) is 21.3 Å². The van der Waals surface area contributed by atoms with Crippen molar-refractivity contribution in [2.75, 3.05) is 13.1 Å². The Morgan fingerprint density at radius 3 is 2.23 bits per heavy atom. The van der Waals surface area contributed by atoms with Gasteiger partial charge in [-0.1, -0.05) is 26.0 Å². The first-order valence-electron chi connectivity index (χ1n) is 13.2. The normalized spacial score (nSPS) is 17.1. The van der Waals surface area contributed by atoms with Crippen LogP contribution >= 0.6 is 0 Å². The van der Waals surface area contributed by atoms with E-state index in [1.807, 2.05) is 13.8 Å². The second kappa shape index (κ2) is 15.5. The van der Waals surface area contributed by atoms with E-state index < -0.39 is 35.9 Å². The summed E-state index contributed by atoms with van der Waals surface area (Å²) >= 11 is 0. The molecule has 0 radical (unpaired) electrons. The first kappa shape index (κ1) is 31.3. The number of hydrogen-bond acceptors (Lipinski definition) is 7. The van der Waals surface area contributed by atoms with Gasteiger partial charge in [-0.2, -0.15) is 0 Å². The van der Waals surface area contributed by atoms with E-state index in [1.54, 1.807) is 12.1 Å². The maximum atomic E-state index is 13.4. The number of phenolic OH excluding ortho intramolecular Hbond substituents is 1. The van der Waals surface area contributed by atoms with Crippen LogP contribution in [0.25, 0.3) is 0 Å². The van der Waals surface area contributed by atoms with Crippen LogP contribution in [-0.4, -0.2) is 77.1 Å². The molecule has 39 heavy (non-hydrogen) atoms. The lowest BCUT2D eigenvalue weighted by Crippen LogP contribution is -2.57. The van der Waals surface area contributed by atoms with Crippen LogP contribution in [0.15, 0.2) is 29.3 Å². The Bertz CT molecular complexity index is 1000. The van der Waals surface area contributed by atoms with E-state index in [-0.39, 0.29) is 49.0 Å². The number of rotatable bonds is 15. The van der Waals surface area contributed by atoms with Crippen molar-refractivity contribution in [2.24, 2.45) is 22.4 Å². The fraction of sp³-hybridized carbons (Fsp3) is 0.577. The SMILES string of the molecule is CC(C)CC(NC(=O)C1CCCN1)C(=O)NC(Cc1ccc(O)cc1)C(=O)NC(CCCN=C(N)N)C(=O)O. The number of hydrogen-bond donors (Lipinski definition) is 8. The number of carbonyl (C=O) groups is 4. The summed E-state index contributed by atoms with van der Waals surface area (Å²) < 4.78 is 0. The number of nitrogens with one attached hydrogen (secondary N) is 4. The van der Waals surface area contributed by atoms with Gasteiger partial charge in [0.15, 0.2) is 5.96 Å². The van der Waals surface area contributed by atoms with E-state index in [1.165, 1.54) is 12.1 Å². The summed E-state index contributed by atoms with van der Waals surface area (Å²) in [5.41, 5.74) is 11.2. The Labute approximate surface area is 228 Å². The van der Waals surface area contributed by atoms with Gasteiger partial charge in [0, 0.05) is 13.0 Å². The smallest absolute Gasteiger partial charge is 0.326 e. The van der Waals surface area contributed by atoms with Crippen molar-refractivity contribution in [1.29, 1.82) is 0 Å². The van der Waals surface area contributed by atoms with Crippen LogP contribution in [0, 0.1) is 5.92 Å². The molecular weight excluding hydrogens is 506 g/mol. The molecule has 1 aliphatic heterocycles. The minimum absolute atomic E-state index is 0.0325. The van der Waals surface area contributed by atoms with Crippen LogP contribution in [0.5, 0.6) is 5.75 Å². The molecule has 10 N–H and O–H groups in total. The number of carbonyl (C=O) groups excluding carboxylic acids is 3. The summed E-state index contributed by atoms with van der Waals surface area (Å²) in [6.07, 6.45) is 2.29. The number of guanidine groups is 1. The second-order valence-electron chi connectivity index (χ2n) is 10.1. The zero-order valence-corrected chi connectivity index (χ0v) is 22.5. The summed E-state index contributed by atoms with van der Waals surface area (Å²) in [6.45, 7) is 4.76. The van der Waals surface area contributed by atoms with Crippen LogP contribution in [0.2, 0.25) is 0 Å². The van der Waals surface area contributed by atoms with Crippen LogP contribution in [0.3, 0.4) is 0 Å². The molecular formula is C26H41N7O6. The van der Waals surface area contributed by atoms with Crippen molar-refractivity contribution < 1.29 is 29.4 Å². The van der Waals surface area contributed by atoms with Crippen molar-refractivity contribution in [3.8, 4) is 5.75 Å². The quantitative estimate of drug-likeness (QED) is 0.0791. The maximum Gasteiger partial charge on any atom is 0.326 e. The molecule has 216 valence electrons. The van der Waals surface area contributed by atoms with Gasteiger partial charge in [-0.05, 0) is 62.3 Å². The average Bonchev–Trinajstić information content (AvgIpc) is 3.41. The van der Waals surface area contributed by atoms with Crippen LogP contribution in [0.4, 0.5) is 0 Å². The molecule has 0 aliphatic carbocycles. The highest BCUT2D eigenvalue weighted by molar-refractivity contribution is 5.94. The molecule has 1 aromatic carbocycles. The molecule has 0 spiro atoms. The molecule has 1 fully saturated rings. The van der Waals surface area contributed by atoms with Crippen LogP contribution in [0.1, 0.15) is 51.5 Å². The molecule has 0 saturated carbocycles. The summed E-state index contributed by atoms with van der Waals surface area (Å²) in [5, 5.41) is 30.4. The molecule has 0 aromatic heterocycles. The van der Waals surface area contributed by atoms with Gasteiger partial charge >= 0.3 is 5.97 Å². The highest BCUT2D eigenvalue weighted by Crippen LogP contribution is 2.13. The van der Waals surface area contributed by atoms with E-state index in [2.05, 4.69) is 26.3 Å². The van der Waals surface area contributed by atoms with Crippen molar-refractivity contribution in [2.45, 2.75) is 76.5 Å². The van der Waals surface area contributed by atoms with E-state index >= 15 is 0 Å². The second-order valence-corrected chi connectivity index (χ2v) is 10.1. The minimum atomic E-state index is -1.24. The Hall–Kier alpha value is -3.87. The third-order valence-electron chi connectivity index (χ3n) is 6.29. The van der Waals surface area contributed by atoms with Gasteiger partial charge in [0.2, 0.25) is 17.7 Å². The van der Waals surface area contributed by atoms with E-state index in [0.29, 0.717) is 24.8 Å². The van der Waals surface area contributed by atoms with Crippen molar-refractivity contribution >= 4 is 29.7 Å². The number of aliphatic carboxylic acids is 1. The topological polar surface area (TPSA) is 221 Å². The monoisotopic (exact) mass is 547 g/mol. The van der Waals surface area contributed by atoms with E-state index in [0.717, 1.165) is 13.0 Å². The number of aromatic hydroxyl groups is 1. The fourth-order valence-corrected chi connectivity index (χ4v) is 4.27. The molecule has 2 rings (SSSR count). The largest absolute Gasteiger partial charge is 0.508 e. The van der Waals surface area contributed by atoms with Gasteiger partial charge in [-0.3, -0.25) is 19.4 Å². The molecule has 3 amide bonds. The number of carboxylic acids is 1. The third-order valence-corrected chi connectivity index (χ3v) is 6.29. The summed E-state index contributed by atoms with van der Waals surface area (Å²) in [6, 6.07) is 2.47. The number of benzene rings is 1. The number of aliphatic imine (C=N–C) groups is 1. The van der Waals surface area contributed by atoms with Gasteiger partial charge < -0.3 is 42.9 Å². The zero-order valence-electron chi connectivity index (χ0n) is 22.5. The Morgan fingerprint density at radius 1 is 1.03 bits per heavy atom. The zero-order chi connectivity index (χ0) is 28.9. The maximum absolute atomic E-state index is 13.4. The van der Waals surface area contributed by atoms with Gasteiger partial charge in [0.05, 0.1) is 6.04 Å². The van der Waals surface area contributed by atoms with Crippen LogP contribution in [-0.2, 0) is 25.6 Å². The molecule has 0 bridgehead atoms. The number of nitrogens with two attached hydrogens (primary N) is 2. The molecule has 4 atom stereocenters. The highest BCUT2D eigenvalue weighted by atomic mass is 16.4. The molecule has 1 heterocycles. The molecule has 1 aromatic rings. The lowest BCUT2D eigenvalue weighted by Gasteiger charge is -2.26.